The molecule has 1 aliphatic heterocycles. The maximum absolute atomic E-state index is 12.1. The van der Waals surface area contributed by atoms with Crippen LogP contribution in [-0.2, 0) is 14.4 Å². The van der Waals surface area contributed by atoms with Gasteiger partial charge in [0.2, 0.25) is 11.7 Å². The molecule has 5 heteroatoms. The molecule has 0 atom stereocenters. The third kappa shape index (κ3) is 2.00. The third-order valence-electron chi connectivity index (χ3n) is 2.90. The van der Waals surface area contributed by atoms with Crippen molar-refractivity contribution in [2.24, 2.45) is 0 Å². The second kappa shape index (κ2) is 4.16. The molecule has 17 heavy (non-hydrogen) atoms. The molecule has 2 rings (SSSR count). The number of Topliss-reactive ketones (excluding diaryl/α,β-unsaturated/α-hetero) is 1. The molecule has 0 spiro atoms. The zero-order valence-electron chi connectivity index (χ0n) is 9.87. The van der Waals surface area contributed by atoms with Crippen LogP contribution in [0.3, 0.4) is 0 Å². The Morgan fingerprint density at radius 3 is 2.53 bits per heavy atom. The Morgan fingerprint density at radius 2 is 1.88 bits per heavy atom. The molecule has 0 saturated carbocycles. The molecule has 0 aromatic rings. The highest BCUT2D eigenvalue weighted by Gasteiger charge is 2.31. The lowest BCUT2D eigenvalue weighted by molar-refractivity contribution is -0.122. The first-order chi connectivity index (χ1) is 8.00. The lowest BCUT2D eigenvalue weighted by Crippen LogP contribution is -2.35. The predicted octanol–water partition coefficient (Wildman–Crippen LogP) is 0.138. The smallest absolute Gasteiger partial charge is 0.225 e. The summed E-state index contributed by atoms with van der Waals surface area (Å²) < 4.78 is 0. The van der Waals surface area contributed by atoms with Gasteiger partial charge in [-0.3, -0.25) is 14.4 Å². The van der Waals surface area contributed by atoms with Crippen molar-refractivity contribution in [3.05, 3.63) is 23.0 Å². The minimum Gasteiger partial charge on any atom is -0.374 e. The monoisotopic (exact) mass is 234 g/mol. The largest absolute Gasteiger partial charge is 0.374 e. The van der Waals surface area contributed by atoms with Crippen molar-refractivity contribution >= 4 is 17.5 Å². The summed E-state index contributed by atoms with van der Waals surface area (Å²) in [6, 6.07) is 0. The van der Waals surface area contributed by atoms with E-state index in [-0.39, 0.29) is 23.2 Å². The number of rotatable bonds is 1. The summed E-state index contributed by atoms with van der Waals surface area (Å²) in [4.78, 5) is 37.0. The highest BCUT2D eigenvalue weighted by Crippen LogP contribution is 2.24. The summed E-state index contributed by atoms with van der Waals surface area (Å²) in [6.07, 6.45) is 2.79. The number of nitrogens with one attached hydrogen (secondary N) is 1. The van der Waals surface area contributed by atoms with E-state index in [1.807, 2.05) is 0 Å². The van der Waals surface area contributed by atoms with Gasteiger partial charge in [-0.05, 0) is 12.8 Å². The Balaban J connectivity index is 2.43. The molecule has 0 unspecified atom stereocenters. The molecule has 0 radical (unpaired) electrons. The van der Waals surface area contributed by atoms with Crippen molar-refractivity contribution in [3.63, 3.8) is 0 Å². The molecular weight excluding hydrogens is 220 g/mol. The van der Waals surface area contributed by atoms with Crippen LogP contribution < -0.4 is 5.32 Å². The van der Waals surface area contributed by atoms with Gasteiger partial charge in [0.1, 0.15) is 0 Å². The summed E-state index contributed by atoms with van der Waals surface area (Å²) in [6.45, 7) is 0. The molecule has 1 amide bonds. The zero-order valence-corrected chi connectivity index (χ0v) is 9.87. The van der Waals surface area contributed by atoms with Crippen LogP contribution in [0.4, 0.5) is 0 Å². The maximum atomic E-state index is 12.1. The molecule has 0 bridgehead atoms. The first-order valence-corrected chi connectivity index (χ1v) is 5.51. The van der Waals surface area contributed by atoms with Gasteiger partial charge in [0, 0.05) is 32.2 Å². The lowest BCUT2D eigenvalue weighted by atomic mass is 9.94. The van der Waals surface area contributed by atoms with E-state index in [0.29, 0.717) is 30.5 Å². The minimum absolute atomic E-state index is 0.170. The van der Waals surface area contributed by atoms with Crippen molar-refractivity contribution in [1.29, 1.82) is 0 Å². The van der Waals surface area contributed by atoms with Crippen molar-refractivity contribution in [3.8, 4) is 0 Å². The van der Waals surface area contributed by atoms with Gasteiger partial charge in [0.15, 0.2) is 5.78 Å². The van der Waals surface area contributed by atoms with Crippen LogP contribution in [0.1, 0.15) is 19.3 Å². The SMILES string of the molecule is CN(C)C1=CC(=O)C2=C(NC(=O)CCC2)C1=O. The molecule has 5 nitrogen and oxygen atoms in total. The molecular formula is C12H14N2O3. The average Bonchev–Trinajstić information content (AvgIpc) is 2.45. The van der Waals surface area contributed by atoms with Crippen molar-refractivity contribution < 1.29 is 14.4 Å². The molecule has 0 saturated heterocycles. The normalized spacial score (nSPS) is 20.6. The molecule has 90 valence electrons. The van der Waals surface area contributed by atoms with Gasteiger partial charge in [-0.25, -0.2) is 0 Å². The van der Waals surface area contributed by atoms with E-state index in [9.17, 15) is 14.4 Å². The summed E-state index contributed by atoms with van der Waals surface area (Å²) in [5.74, 6) is -0.651. The number of likely N-dealkylation sites (N-methyl/N-ethyl adjacent to an activating group) is 1. The molecule has 1 N–H and O–H groups in total. The van der Waals surface area contributed by atoms with Crippen molar-refractivity contribution in [2.45, 2.75) is 19.3 Å². The topological polar surface area (TPSA) is 66.5 Å². The number of carbonyl (C=O) groups excluding carboxylic acids is 3. The summed E-state index contributed by atoms with van der Waals surface area (Å²) in [5, 5.41) is 2.55. The average molecular weight is 234 g/mol. The summed E-state index contributed by atoms with van der Waals surface area (Å²) in [5.41, 5.74) is 0.922. The second-order valence-electron chi connectivity index (χ2n) is 4.37. The highest BCUT2D eigenvalue weighted by molar-refractivity contribution is 6.23. The van der Waals surface area contributed by atoms with E-state index >= 15 is 0 Å². The number of ketones is 2. The maximum Gasteiger partial charge on any atom is 0.225 e. The number of nitrogens with zero attached hydrogens (tertiary/aromatic N) is 1. The van der Waals surface area contributed by atoms with Gasteiger partial charge in [-0.1, -0.05) is 0 Å². The van der Waals surface area contributed by atoms with Gasteiger partial charge < -0.3 is 10.2 Å². The van der Waals surface area contributed by atoms with Crippen molar-refractivity contribution in [1.82, 2.24) is 10.2 Å². The summed E-state index contributed by atoms with van der Waals surface area (Å²) in [7, 11) is 3.39. The Bertz CT molecular complexity index is 472. The number of hydrogen-bond donors (Lipinski definition) is 1. The van der Waals surface area contributed by atoms with Gasteiger partial charge in [0.05, 0.1) is 11.4 Å². The fourth-order valence-corrected chi connectivity index (χ4v) is 2.01. The fraction of sp³-hybridized carbons (Fsp3) is 0.417. The minimum atomic E-state index is -0.278. The summed E-state index contributed by atoms with van der Waals surface area (Å²) >= 11 is 0. The van der Waals surface area contributed by atoms with Gasteiger partial charge in [0.25, 0.3) is 0 Å². The Morgan fingerprint density at radius 1 is 1.18 bits per heavy atom. The highest BCUT2D eigenvalue weighted by atomic mass is 16.2. The number of allylic oxidation sites excluding steroid dienone is 2. The fourth-order valence-electron chi connectivity index (χ4n) is 2.01. The number of amides is 1. The molecule has 0 fully saturated rings. The van der Waals surface area contributed by atoms with E-state index in [2.05, 4.69) is 5.32 Å². The van der Waals surface area contributed by atoms with E-state index in [1.165, 1.54) is 6.08 Å². The van der Waals surface area contributed by atoms with Crippen LogP contribution >= 0.6 is 0 Å². The van der Waals surface area contributed by atoms with Crippen LogP contribution in [-0.4, -0.2) is 36.5 Å². The first-order valence-electron chi connectivity index (χ1n) is 5.51. The molecule has 1 heterocycles. The molecule has 2 aliphatic rings. The van der Waals surface area contributed by atoms with Crippen LogP contribution in [0, 0.1) is 0 Å². The van der Waals surface area contributed by atoms with E-state index in [4.69, 9.17) is 0 Å². The first kappa shape index (κ1) is 11.6. The van der Waals surface area contributed by atoms with Crippen LogP contribution in [0.2, 0.25) is 0 Å². The van der Waals surface area contributed by atoms with Crippen LogP contribution in [0.25, 0.3) is 0 Å². The Hall–Kier alpha value is -1.91. The molecule has 0 aromatic carbocycles. The van der Waals surface area contributed by atoms with E-state index < -0.39 is 0 Å². The van der Waals surface area contributed by atoms with Crippen molar-refractivity contribution in [2.75, 3.05) is 14.1 Å². The molecule has 1 aliphatic carbocycles. The van der Waals surface area contributed by atoms with E-state index in [0.717, 1.165) is 0 Å². The zero-order chi connectivity index (χ0) is 12.6. The quantitative estimate of drug-likeness (QED) is 0.655. The Labute approximate surface area is 99.2 Å². The van der Waals surface area contributed by atoms with Gasteiger partial charge in [-0.2, -0.15) is 0 Å². The van der Waals surface area contributed by atoms with E-state index in [1.54, 1.807) is 19.0 Å². The van der Waals surface area contributed by atoms with Gasteiger partial charge in [-0.15, -0.1) is 0 Å². The predicted molar refractivity (Wildman–Crippen MR) is 60.8 cm³/mol. The third-order valence-corrected chi connectivity index (χ3v) is 2.90. The van der Waals surface area contributed by atoms with Crippen LogP contribution in [0.15, 0.2) is 23.0 Å². The number of carbonyl (C=O) groups is 3. The standard InChI is InChI=1S/C12H14N2O3/c1-14(2)8-6-9(15)7-4-3-5-10(16)13-11(7)12(8)17/h6H,3-5H2,1-2H3,(H,13,16). The van der Waals surface area contributed by atoms with Gasteiger partial charge >= 0.3 is 0 Å². The second-order valence-corrected chi connectivity index (χ2v) is 4.37. The van der Waals surface area contributed by atoms with Crippen LogP contribution in [0.5, 0.6) is 0 Å². The Kier molecular flexibility index (Phi) is 2.83. The number of hydrogen-bond acceptors (Lipinski definition) is 4. The molecule has 0 aromatic heterocycles. The lowest BCUT2D eigenvalue weighted by Gasteiger charge is -2.22.